The Morgan fingerprint density at radius 2 is 1.79 bits per heavy atom. The topological polar surface area (TPSA) is 30.5 Å². The van der Waals surface area contributed by atoms with Crippen LogP contribution >= 0.6 is 0 Å². The van der Waals surface area contributed by atoms with Gasteiger partial charge in [0.25, 0.3) is 0 Å². The summed E-state index contributed by atoms with van der Waals surface area (Å²) in [5.74, 6) is 1.86. The maximum Gasteiger partial charge on any atom is 0.119 e. The van der Waals surface area contributed by atoms with Gasteiger partial charge in [0.2, 0.25) is 0 Å². The Morgan fingerprint density at radius 3 is 2.50 bits per heavy atom. The van der Waals surface area contributed by atoms with Gasteiger partial charge in [0.15, 0.2) is 0 Å². The fourth-order valence-corrected chi connectivity index (χ4v) is 2.25. The highest BCUT2D eigenvalue weighted by atomic mass is 16.5. The molecule has 1 N–H and O–H groups in total. The van der Waals surface area contributed by atoms with Crippen molar-refractivity contribution in [1.29, 1.82) is 0 Å². The van der Waals surface area contributed by atoms with Crippen LogP contribution in [0.15, 0.2) is 48.5 Å². The second-order valence-electron chi connectivity index (χ2n) is 6.06. The van der Waals surface area contributed by atoms with E-state index in [1.165, 1.54) is 5.56 Å². The maximum absolute atomic E-state index is 5.80. The molecule has 2 rings (SSSR count). The smallest absolute Gasteiger partial charge is 0.119 e. The highest BCUT2D eigenvalue weighted by Gasteiger charge is 2.02. The van der Waals surface area contributed by atoms with Gasteiger partial charge in [-0.05, 0) is 61.7 Å². The van der Waals surface area contributed by atoms with Crippen LogP contribution < -0.4 is 14.8 Å². The van der Waals surface area contributed by atoms with E-state index in [1.54, 1.807) is 0 Å². The van der Waals surface area contributed by atoms with E-state index in [1.807, 2.05) is 24.3 Å². The first-order valence-electron chi connectivity index (χ1n) is 8.93. The van der Waals surface area contributed by atoms with Crippen molar-refractivity contribution in [3.63, 3.8) is 0 Å². The minimum atomic E-state index is 0.249. The van der Waals surface area contributed by atoms with E-state index in [4.69, 9.17) is 9.47 Å². The molecule has 2 aromatic carbocycles. The molecule has 0 aromatic heterocycles. The van der Waals surface area contributed by atoms with Crippen LogP contribution in [0.5, 0.6) is 11.5 Å². The van der Waals surface area contributed by atoms with Crippen molar-refractivity contribution in [1.82, 2.24) is 0 Å². The lowest BCUT2D eigenvalue weighted by Gasteiger charge is -2.13. The van der Waals surface area contributed by atoms with Gasteiger partial charge in [0.05, 0.1) is 12.7 Å². The molecule has 0 aliphatic carbocycles. The van der Waals surface area contributed by atoms with Gasteiger partial charge < -0.3 is 14.8 Å². The molecular weight excluding hydrogens is 298 g/mol. The predicted octanol–water partition coefficient (Wildman–Crippen LogP) is 5.65. The molecular formula is C21H29NO2. The number of benzene rings is 2. The molecule has 0 bridgehead atoms. The van der Waals surface area contributed by atoms with Gasteiger partial charge in [0.1, 0.15) is 11.5 Å². The van der Waals surface area contributed by atoms with E-state index < -0.39 is 0 Å². The number of unbranched alkanes of at least 4 members (excludes halogenated alkanes) is 1. The van der Waals surface area contributed by atoms with Crippen molar-refractivity contribution in [3.05, 3.63) is 54.1 Å². The van der Waals surface area contributed by atoms with E-state index in [0.29, 0.717) is 0 Å². The standard InChI is InChI=1S/C21H29NO2/c1-4-6-14-23-21-9-7-8-18(15-21)16-22-19-10-12-20(13-11-19)24-17(3)5-2/h7-13,15,17,22H,4-6,14,16H2,1-3H3. The Kier molecular flexibility index (Phi) is 7.47. The molecule has 130 valence electrons. The number of rotatable bonds is 10. The van der Waals surface area contributed by atoms with Crippen LogP contribution in [0.4, 0.5) is 5.69 Å². The zero-order valence-corrected chi connectivity index (χ0v) is 15.0. The van der Waals surface area contributed by atoms with E-state index in [0.717, 1.165) is 49.6 Å². The molecule has 0 radical (unpaired) electrons. The first kappa shape index (κ1) is 18.2. The largest absolute Gasteiger partial charge is 0.494 e. The third-order valence-electron chi connectivity index (χ3n) is 3.93. The van der Waals surface area contributed by atoms with Gasteiger partial charge in [-0.1, -0.05) is 32.4 Å². The molecule has 1 unspecified atom stereocenters. The van der Waals surface area contributed by atoms with Crippen LogP contribution in [0.25, 0.3) is 0 Å². The molecule has 0 aliphatic rings. The number of ether oxygens (including phenoxy) is 2. The van der Waals surface area contributed by atoms with Crippen molar-refractivity contribution in [2.24, 2.45) is 0 Å². The highest BCUT2D eigenvalue weighted by molar-refractivity contribution is 5.47. The molecule has 24 heavy (non-hydrogen) atoms. The highest BCUT2D eigenvalue weighted by Crippen LogP contribution is 2.19. The lowest BCUT2D eigenvalue weighted by molar-refractivity contribution is 0.217. The minimum absolute atomic E-state index is 0.249. The van der Waals surface area contributed by atoms with Crippen molar-refractivity contribution >= 4 is 5.69 Å². The Hall–Kier alpha value is -2.16. The molecule has 0 heterocycles. The molecule has 0 fully saturated rings. The molecule has 3 heteroatoms. The minimum Gasteiger partial charge on any atom is -0.494 e. The quantitative estimate of drug-likeness (QED) is 0.572. The summed E-state index contributed by atoms with van der Waals surface area (Å²) in [7, 11) is 0. The third kappa shape index (κ3) is 6.15. The lowest BCUT2D eigenvalue weighted by Crippen LogP contribution is -2.09. The van der Waals surface area contributed by atoms with E-state index in [9.17, 15) is 0 Å². The Labute approximate surface area is 146 Å². The average molecular weight is 327 g/mol. The summed E-state index contributed by atoms with van der Waals surface area (Å²) >= 11 is 0. The summed E-state index contributed by atoms with van der Waals surface area (Å²) in [5.41, 5.74) is 2.30. The summed E-state index contributed by atoms with van der Waals surface area (Å²) in [4.78, 5) is 0. The summed E-state index contributed by atoms with van der Waals surface area (Å²) < 4.78 is 11.6. The van der Waals surface area contributed by atoms with Crippen LogP contribution in [0, 0.1) is 0 Å². The van der Waals surface area contributed by atoms with E-state index in [2.05, 4.69) is 50.4 Å². The molecule has 0 amide bonds. The SMILES string of the molecule is CCCCOc1cccc(CNc2ccc(OC(C)CC)cc2)c1. The van der Waals surface area contributed by atoms with Crippen LogP contribution in [-0.2, 0) is 6.54 Å². The molecule has 0 aliphatic heterocycles. The molecule has 3 nitrogen and oxygen atoms in total. The van der Waals surface area contributed by atoms with Crippen molar-refractivity contribution in [3.8, 4) is 11.5 Å². The second kappa shape index (κ2) is 9.86. The second-order valence-corrected chi connectivity index (χ2v) is 6.06. The van der Waals surface area contributed by atoms with Gasteiger partial charge in [-0.2, -0.15) is 0 Å². The van der Waals surface area contributed by atoms with Crippen molar-refractivity contribution in [2.45, 2.75) is 52.7 Å². The van der Waals surface area contributed by atoms with Crippen molar-refractivity contribution < 1.29 is 9.47 Å². The van der Waals surface area contributed by atoms with Crippen LogP contribution in [0.3, 0.4) is 0 Å². The normalized spacial score (nSPS) is 11.8. The van der Waals surface area contributed by atoms with Gasteiger partial charge in [0, 0.05) is 12.2 Å². The molecule has 0 saturated heterocycles. The van der Waals surface area contributed by atoms with Crippen molar-refractivity contribution in [2.75, 3.05) is 11.9 Å². The monoisotopic (exact) mass is 327 g/mol. The van der Waals surface area contributed by atoms with Gasteiger partial charge >= 0.3 is 0 Å². The molecule has 2 aromatic rings. The Balaban J connectivity index is 1.85. The van der Waals surface area contributed by atoms with Crippen LogP contribution in [-0.4, -0.2) is 12.7 Å². The predicted molar refractivity (Wildman–Crippen MR) is 101 cm³/mol. The molecule has 1 atom stereocenters. The average Bonchev–Trinajstić information content (AvgIpc) is 2.61. The fraction of sp³-hybridized carbons (Fsp3) is 0.429. The van der Waals surface area contributed by atoms with Gasteiger partial charge in [-0.15, -0.1) is 0 Å². The lowest BCUT2D eigenvalue weighted by atomic mass is 10.2. The number of anilines is 1. The first-order chi connectivity index (χ1) is 11.7. The van der Waals surface area contributed by atoms with Crippen LogP contribution in [0.2, 0.25) is 0 Å². The van der Waals surface area contributed by atoms with Crippen LogP contribution in [0.1, 0.15) is 45.6 Å². The summed E-state index contributed by atoms with van der Waals surface area (Å²) in [6.07, 6.45) is 3.50. The number of hydrogen-bond acceptors (Lipinski definition) is 3. The number of nitrogens with one attached hydrogen (secondary N) is 1. The zero-order valence-electron chi connectivity index (χ0n) is 15.0. The Morgan fingerprint density at radius 1 is 1.00 bits per heavy atom. The molecule has 0 spiro atoms. The number of hydrogen-bond donors (Lipinski definition) is 1. The summed E-state index contributed by atoms with van der Waals surface area (Å²) in [5, 5.41) is 3.44. The van der Waals surface area contributed by atoms with Gasteiger partial charge in [-0.25, -0.2) is 0 Å². The van der Waals surface area contributed by atoms with Gasteiger partial charge in [-0.3, -0.25) is 0 Å². The van der Waals surface area contributed by atoms with E-state index in [-0.39, 0.29) is 6.10 Å². The van der Waals surface area contributed by atoms with E-state index >= 15 is 0 Å². The summed E-state index contributed by atoms with van der Waals surface area (Å²) in [6.45, 7) is 7.94. The Bertz CT molecular complexity index is 595. The fourth-order valence-electron chi connectivity index (χ4n) is 2.25. The zero-order chi connectivity index (χ0) is 17.2. The third-order valence-corrected chi connectivity index (χ3v) is 3.93. The molecule has 0 saturated carbocycles. The first-order valence-corrected chi connectivity index (χ1v) is 8.93. The summed E-state index contributed by atoms with van der Waals surface area (Å²) in [6, 6.07) is 16.4. The maximum atomic E-state index is 5.80.